The number of hydrogen-bond donors (Lipinski definition) is 1. The molecule has 3 aromatic rings. The van der Waals surface area contributed by atoms with E-state index in [4.69, 9.17) is 9.47 Å². The molecule has 0 radical (unpaired) electrons. The van der Waals surface area contributed by atoms with Crippen LogP contribution in [0.5, 0.6) is 0 Å². The van der Waals surface area contributed by atoms with E-state index in [1.165, 1.54) is 0 Å². The summed E-state index contributed by atoms with van der Waals surface area (Å²) in [6.07, 6.45) is 5.24. The number of nitrogens with zero attached hydrogens (tertiary/aromatic N) is 3. The van der Waals surface area contributed by atoms with Crippen LogP contribution in [-0.2, 0) is 22.6 Å². The van der Waals surface area contributed by atoms with Gasteiger partial charge < -0.3 is 19.7 Å². The number of benzene rings is 2. The highest BCUT2D eigenvalue weighted by Crippen LogP contribution is 2.22. The molecule has 176 valence electrons. The smallest absolute Gasteiger partial charge is 0.410 e. The molecule has 1 aliphatic rings. The van der Waals surface area contributed by atoms with E-state index in [-0.39, 0.29) is 6.09 Å². The van der Waals surface area contributed by atoms with Gasteiger partial charge in [-0.1, -0.05) is 42.5 Å². The second-order valence-corrected chi connectivity index (χ2v) is 9.14. The minimum atomic E-state index is -0.573. The Hall–Kier alpha value is -3.71. The number of anilines is 2. The zero-order valence-corrected chi connectivity index (χ0v) is 19.8. The van der Waals surface area contributed by atoms with E-state index in [1.807, 2.05) is 81.5 Å². The van der Waals surface area contributed by atoms with Crippen molar-refractivity contribution in [3.8, 4) is 11.3 Å². The van der Waals surface area contributed by atoms with Crippen molar-refractivity contribution < 1.29 is 14.3 Å². The Morgan fingerprint density at radius 3 is 2.74 bits per heavy atom. The lowest BCUT2D eigenvalue weighted by molar-refractivity contribution is 0.0256. The normalized spacial score (nSPS) is 15.4. The molecule has 1 N–H and O–H groups in total. The number of rotatable bonds is 0. The van der Waals surface area contributed by atoms with Gasteiger partial charge in [-0.25, -0.2) is 14.8 Å². The first-order valence-electron chi connectivity index (χ1n) is 11.3. The second kappa shape index (κ2) is 10.5. The molecule has 0 saturated heterocycles. The van der Waals surface area contributed by atoms with Crippen molar-refractivity contribution in [2.45, 2.75) is 39.5 Å². The third kappa shape index (κ3) is 6.65. The molecule has 34 heavy (non-hydrogen) atoms. The molecule has 0 atom stereocenters. The summed E-state index contributed by atoms with van der Waals surface area (Å²) in [6.45, 7) is 7.34. The largest absolute Gasteiger partial charge is 0.444 e. The molecule has 1 aromatic heterocycles. The highest BCUT2D eigenvalue weighted by molar-refractivity contribution is 5.68. The maximum atomic E-state index is 12.9. The molecule has 2 aromatic carbocycles. The third-order valence-corrected chi connectivity index (χ3v) is 5.06. The van der Waals surface area contributed by atoms with Gasteiger partial charge in [0.15, 0.2) is 0 Å². The Labute approximate surface area is 200 Å². The predicted molar refractivity (Wildman–Crippen MR) is 133 cm³/mol. The predicted octanol–water partition coefficient (Wildman–Crippen LogP) is 5.71. The van der Waals surface area contributed by atoms with Gasteiger partial charge in [0.05, 0.1) is 18.9 Å². The van der Waals surface area contributed by atoms with Crippen LogP contribution >= 0.6 is 0 Å². The third-order valence-electron chi connectivity index (χ3n) is 5.06. The minimum Gasteiger partial charge on any atom is -0.444 e. The van der Waals surface area contributed by atoms with Gasteiger partial charge in [0.1, 0.15) is 5.60 Å². The molecule has 6 bridgehead atoms. The van der Waals surface area contributed by atoms with E-state index in [2.05, 4.69) is 21.4 Å². The second-order valence-electron chi connectivity index (χ2n) is 9.14. The topological polar surface area (TPSA) is 76.6 Å². The van der Waals surface area contributed by atoms with Gasteiger partial charge in [0.25, 0.3) is 0 Å². The summed E-state index contributed by atoms with van der Waals surface area (Å²) in [5.74, 6) is 0.504. The molecule has 4 rings (SSSR count). The summed E-state index contributed by atoms with van der Waals surface area (Å²) in [4.78, 5) is 23.6. The standard InChI is InChI=1S/C27H30N4O3/c1-27(2,3)34-26(32)31-14-4-5-15-33-19-21-9-6-10-22(16-21)24-12-13-28-25(30-24)29-23-11-7-8-20(17-23)18-31/h4-13,16-17H,14-15,18-19H2,1-3H3,(H,28,29,30)/b5-4+. The van der Waals surface area contributed by atoms with Gasteiger partial charge in [0, 0.05) is 30.5 Å². The lowest BCUT2D eigenvalue weighted by Gasteiger charge is -2.27. The summed E-state index contributed by atoms with van der Waals surface area (Å²) in [7, 11) is 0. The van der Waals surface area contributed by atoms with Crippen molar-refractivity contribution in [3.05, 3.63) is 84.1 Å². The van der Waals surface area contributed by atoms with Crippen LogP contribution in [0.1, 0.15) is 31.9 Å². The maximum absolute atomic E-state index is 12.9. The number of hydrogen-bond acceptors (Lipinski definition) is 6. The fourth-order valence-corrected chi connectivity index (χ4v) is 3.54. The van der Waals surface area contributed by atoms with Crippen LogP contribution in [-0.4, -0.2) is 39.7 Å². The Bertz CT molecular complexity index is 1170. The Kier molecular flexibility index (Phi) is 7.23. The summed E-state index contributed by atoms with van der Waals surface area (Å²) in [6, 6.07) is 17.9. The lowest BCUT2D eigenvalue weighted by atomic mass is 10.1. The van der Waals surface area contributed by atoms with Crippen molar-refractivity contribution in [1.29, 1.82) is 0 Å². The van der Waals surface area contributed by atoms with Crippen LogP contribution in [0.25, 0.3) is 11.3 Å². The first-order chi connectivity index (χ1) is 16.4. The fourth-order valence-electron chi connectivity index (χ4n) is 3.54. The van der Waals surface area contributed by atoms with Crippen LogP contribution in [0.4, 0.5) is 16.4 Å². The van der Waals surface area contributed by atoms with Crippen molar-refractivity contribution in [1.82, 2.24) is 14.9 Å². The lowest BCUT2D eigenvalue weighted by Crippen LogP contribution is -2.36. The highest BCUT2D eigenvalue weighted by Gasteiger charge is 2.21. The first kappa shape index (κ1) is 23.4. The van der Waals surface area contributed by atoms with Gasteiger partial charge in [-0.3, -0.25) is 0 Å². The fraction of sp³-hybridized carbons (Fsp3) is 0.296. The van der Waals surface area contributed by atoms with Gasteiger partial charge in [-0.05, 0) is 56.2 Å². The van der Waals surface area contributed by atoms with Crippen LogP contribution in [0.2, 0.25) is 0 Å². The van der Waals surface area contributed by atoms with Gasteiger partial charge in [0.2, 0.25) is 5.95 Å². The zero-order valence-electron chi connectivity index (χ0n) is 19.8. The van der Waals surface area contributed by atoms with E-state index in [0.29, 0.717) is 32.3 Å². The highest BCUT2D eigenvalue weighted by atomic mass is 16.6. The van der Waals surface area contributed by atoms with Crippen molar-refractivity contribution in [2.75, 3.05) is 18.5 Å². The molecule has 7 heteroatoms. The average molecular weight is 459 g/mol. The Morgan fingerprint density at radius 2 is 1.88 bits per heavy atom. The number of ether oxygens (including phenoxy) is 2. The van der Waals surface area contributed by atoms with E-state index >= 15 is 0 Å². The number of carbonyl (C=O) groups excluding carboxylic acids is 1. The van der Waals surface area contributed by atoms with E-state index in [1.54, 1.807) is 11.1 Å². The molecule has 1 amide bonds. The summed E-state index contributed by atoms with van der Waals surface area (Å²) >= 11 is 0. The summed E-state index contributed by atoms with van der Waals surface area (Å²) < 4.78 is 11.4. The van der Waals surface area contributed by atoms with E-state index in [9.17, 15) is 4.79 Å². The molecule has 0 aliphatic carbocycles. The molecular formula is C27H30N4O3. The minimum absolute atomic E-state index is 0.362. The van der Waals surface area contributed by atoms with Gasteiger partial charge in [-0.15, -0.1) is 0 Å². The number of nitrogens with one attached hydrogen (secondary N) is 1. The Morgan fingerprint density at radius 1 is 1.06 bits per heavy atom. The van der Waals surface area contributed by atoms with Crippen LogP contribution in [0.15, 0.2) is 72.9 Å². The molecule has 7 nitrogen and oxygen atoms in total. The van der Waals surface area contributed by atoms with Crippen LogP contribution < -0.4 is 5.32 Å². The first-order valence-corrected chi connectivity index (χ1v) is 11.3. The van der Waals surface area contributed by atoms with Gasteiger partial charge >= 0.3 is 6.09 Å². The van der Waals surface area contributed by atoms with Crippen molar-refractivity contribution in [2.24, 2.45) is 0 Å². The quantitative estimate of drug-likeness (QED) is 0.435. The van der Waals surface area contributed by atoms with Crippen molar-refractivity contribution in [3.63, 3.8) is 0 Å². The average Bonchev–Trinajstić information content (AvgIpc) is 2.79. The monoisotopic (exact) mass is 458 g/mol. The molecule has 0 fully saturated rings. The molecule has 0 spiro atoms. The summed E-state index contributed by atoms with van der Waals surface area (Å²) in [5.41, 5.74) is 4.12. The van der Waals surface area contributed by atoms with E-state index < -0.39 is 5.60 Å². The maximum Gasteiger partial charge on any atom is 0.410 e. The van der Waals surface area contributed by atoms with Crippen molar-refractivity contribution >= 4 is 17.7 Å². The SMILES string of the molecule is CC(C)(C)OC(=O)N1C/C=C/COCc2cccc(c2)-c2ccnc(n2)Nc2cccc(c2)C1. The molecular weight excluding hydrogens is 428 g/mol. The number of amides is 1. The van der Waals surface area contributed by atoms with Gasteiger partial charge in [-0.2, -0.15) is 0 Å². The van der Waals surface area contributed by atoms with E-state index in [0.717, 1.165) is 28.1 Å². The number of aromatic nitrogens is 2. The molecule has 0 unspecified atom stereocenters. The van der Waals surface area contributed by atoms with Crippen LogP contribution in [0, 0.1) is 0 Å². The molecule has 0 saturated carbocycles. The van der Waals surface area contributed by atoms with Crippen LogP contribution in [0.3, 0.4) is 0 Å². The molecule has 2 heterocycles. The Balaban J connectivity index is 1.65. The zero-order chi connectivity index (χ0) is 24.0. The number of carbonyl (C=O) groups is 1. The summed E-state index contributed by atoms with van der Waals surface area (Å²) in [5, 5.41) is 3.28. The number of fused-ring (bicyclic) bond motifs is 7. The molecule has 1 aliphatic heterocycles.